The van der Waals surface area contributed by atoms with E-state index in [1.165, 1.54) is 24.3 Å². The quantitative estimate of drug-likeness (QED) is 0.388. The number of benzene rings is 2. The van der Waals surface area contributed by atoms with Crippen molar-refractivity contribution in [2.75, 3.05) is 13.1 Å². The molecular weight excluding hydrogens is 401 g/mol. The molecule has 0 saturated heterocycles. The van der Waals surface area contributed by atoms with Gasteiger partial charge in [0.15, 0.2) is 4.90 Å². The van der Waals surface area contributed by atoms with Crippen LogP contribution >= 0.6 is 11.6 Å². The molecular formula is C16H15ClFN3O5S. The second-order valence-corrected chi connectivity index (χ2v) is 7.60. The van der Waals surface area contributed by atoms with Gasteiger partial charge in [0.2, 0.25) is 15.9 Å². The molecule has 0 spiro atoms. The van der Waals surface area contributed by atoms with Crippen molar-refractivity contribution in [3.8, 4) is 0 Å². The second kappa shape index (κ2) is 8.89. The molecule has 2 aromatic carbocycles. The Hall–Kier alpha value is -2.56. The molecule has 2 rings (SSSR count). The van der Waals surface area contributed by atoms with Gasteiger partial charge in [-0.15, -0.1) is 0 Å². The third-order valence-electron chi connectivity index (χ3n) is 3.40. The molecule has 0 radical (unpaired) electrons. The average Bonchev–Trinajstić information content (AvgIpc) is 2.58. The van der Waals surface area contributed by atoms with Crippen LogP contribution in [0.4, 0.5) is 10.1 Å². The molecule has 0 aliphatic rings. The molecule has 1 amide bonds. The van der Waals surface area contributed by atoms with Gasteiger partial charge in [-0.1, -0.05) is 23.7 Å². The van der Waals surface area contributed by atoms with E-state index in [-0.39, 0.29) is 24.5 Å². The fourth-order valence-electron chi connectivity index (χ4n) is 2.22. The summed E-state index contributed by atoms with van der Waals surface area (Å²) in [7, 11) is -4.17. The van der Waals surface area contributed by atoms with E-state index in [1.54, 1.807) is 6.07 Å². The first-order valence-electron chi connectivity index (χ1n) is 7.64. The number of halogens is 2. The van der Waals surface area contributed by atoms with Gasteiger partial charge in [-0.25, -0.2) is 17.5 Å². The molecule has 2 aromatic rings. The van der Waals surface area contributed by atoms with Crippen LogP contribution in [-0.2, 0) is 21.2 Å². The highest BCUT2D eigenvalue weighted by molar-refractivity contribution is 7.89. The topological polar surface area (TPSA) is 118 Å². The Kier molecular flexibility index (Phi) is 6.83. The largest absolute Gasteiger partial charge is 0.355 e. The SMILES string of the molecule is O=C(Cc1cccc(F)c1)NCCNS(=O)(=O)c1ccc(Cl)cc1[N+](=O)[O-]. The molecule has 11 heteroatoms. The zero-order valence-corrected chi connectivity index (χ0v) is 15.4. The molecule has 2 N–H and O–H groups in total. The van der Waals surface area contributed by atoms with Gasteiger partial charge in [0.05, 0.1) is 11.3 Å². The molecule has 0 unspecified atom stereocenters. The summed E-state index contributed by atoms with van der Waals surface area (Å²) in [5.74, 6) is -0.880. The minimum absolute atomic E-state index is 0.0327. The number of sulfonamides is 1. The number of hydrogen-bond donors (Lipinski definition) is 2. The summed E-state index contributed by atoms with van der Waals surface area (Å²) < 4.78 is 39.7. The van der Waals surface area contributed by atoms with E-state index in [2.05, 4.69) is 10.0 Å². The van der Waals surface area contributed by atoms with Crippen LogP contribution in [-0.4, -0.2) is 32.3 Å². The molecule has 0 heterocycles. The number of carbonyl (C=O) groups excluding carboxylic acids is 1. The minimum Gasteiger partial charge on any atom is -0.355 e. The van der Waals surface area contributed by atoms with Crippen LogP contribution in [0.1, 0.15) is 5.56 Å². The number of carbonyl (C=O) groups is 1. The fraction of sp³-hybridized carbons (Fsp3) is 0.188. The molecule has 0 fully saturated rings. The summed E-state index contributed by atoms with van der Waals surface area (Å²) in [5, 5.41) is 13.5. The van der Waals surface area contributed by atoms with Crippen LogP contribution in [0.25, 0.3) is 0 Å². The summed E-state index contributed by atoms with van der Waals surface area (Å²) in [6.07, 6.45) is -0.0623. The number of amides is 1. The molecule has 8 nitrogen and oxygen atoms in total. The van der Waals surface area contributed by atoms with Crippen molar-refractivity contribution < 1.29 is 22.5 Å². The molecule has 0 bridgehead atoms. The Morgan fingerprint density at radius 3 is 2.59 bits per heavy atom. The first-order chi connectivity index (χ1) is 12.7. The summed E-state index contributed by atoms with van der Waals surface area (Å²) in [4.78, 5) is 21.4. The van der Waals surface area contributed by atoms with E-state index < -0.39 is 37.3 Å². The van der Waals surface area contributed by atoms with Gasteiger partial charge in [-0.2, -0.15) is 0 Å². The maximum atomic E-state index is 13.1. The lowest BCUT2D eigenvalue weighted by Gasteiger charge is -2.09. The zero-order valence-electron chi connectivity index (χ0n) is 13.8. The number of rotatable bonds is 8. The highest BCUT2D eigenvalue weighted by Gasteiger charge is 2.25. The highest BCUT2D eigenvalue weighted by Crippen LogP contribution is 2.26. The predicted molar refractivity (Wildman–Crippen MR) is 96.4 cm³/mol. The Bertz CT molecular complexity index is 968. The third-order valence-corrected chi connectivity index (χ3v) is 5.14. The molecule has 0 aromatic heterocycles. The Balaban J connectivity index is 1.91. The van der Waals surface area contributed by atoms with Crippen molar-refractivity contribution in [1.82, 2.24) is 10.0 Å². The number of nitrogens with one attached hydrogen (secondary N) is 2. The molecule has 0 saturated carbocycles. The maximum absolute atomic E-state index is 13.1. The average molecular weight is 416 g/mol. The van der Waals surface area contributed by atoms with E-state index in [0.717, 1.165) is 12.1 Å². The lowest BCUT2D eigenvalue weighted by atomic mass is 10.1. The van der Waals surface area contributed by atoms with Gasteiger partial charge >= 0.3 is 0 Å². The van der Waals surface area contributed by atoms with E-state index >= 15 is 0 Å². The first-order valence-corrected chi connectivity index (χ1v) is 9.50. The summed E-state index contributed by atoms with van der Waals surface area (Å²) in [6, 6.07) is 8.75. The van der Waals surface area contributed by atoms with Crippen molar-refractivity contribution >= 4 is 33.2 Å². The van der Waals surface area contributed by atoms with Crippen molar-refractivity contribution in [2.45, 2.75) is 11.3 Å². The molecule has 27 heavy (non-hydrogen) atoms. The lowest BCUT2D eigenvalue weighted by molar-refractivity contribution is -0.387. The summed E-state index contributed by atoms with van der Waals surface area (Å²) in [5.41, 5.74) is -0.171. The maximum Gasteiger partial charge on any atom is 0.290 e. The van der Waals surface area contributed by atoms with Crippen LogP contribution in [0, 0.1) is 15.9 Å². The van der Waals surface area contributed by atoms with Crippen LogP contribution in [0.15, 0.2) is 47.4 Å². The van der Waals surface area contributed by atoms with Gasteiger partial charge in [-0.3, -0.25) is 14.9 Å². The second-order valence-electron chi connectivity index (χ2n) is 5.42. The van der Waals surface area contributed by atoms with E-state index in [4.69, 9.17) is 11.6 Å². The van der Waals surface area contributed by atoms with Gasteiger partial charge < -0.3 is 5.32 Å². The smallest absolute Gasteiger partial charge is 0.290 e. The highest BCUT2D eigenvalue weighted by atomic mass is 35.5. The number of nitro benzene ring substituents is 1. The first kappa shape index (κ1) is 20.7. The number of hydrogen-bond acceptors (Lipinski definition) is 5. The molecule has 0 aliphatic carbocycles. The lowest BCUT2D eigenvalue weighted by Crippen LogP contribution is -2.35. The normalized spacial score (nSPS) is 11.2. The summed E-state index contributed by atoms with van der Waals surface area (Å²) in [6.45, 7) is -0.230. The zero-order chi connectivity index (χ0) is 20.0. The standard InChI is InChI=1S/C16H15ClFN3O5S/c17-12-4-5-15(14(10-12)21(23)24)27(25,26)20-7-6-19-16(22)9-11-2-1-3-13(18)8-11/h1-5,8,10,20H,6-7,9H2,(H,19,22). The third kappa shape index (κ3) is 5.98. The van der Waals surface area contributed by atoms with Gasteiger partial charge in [0, 0.05) is 24.2 Å². The minimum atomic E-state index is -4.17. The van der Waals surface area contributed by atoms with Gasteiger partial charge in [0.25, 0.3) is 5.69 Å². The molecule has 0 atom stereocenters. The van der Waals surface area contributed by atoms with Crippen LogP contribution < -0.4 is 10.0 Å². The van der Waals surface area contributed by atoms with Crippen molar-refractivity contribution in [3.05, 3.63) is 69.0 Å². The monoisotopic (exact) mass is 415 g/mol. The molecule has 0 aliphatic heterocycles. The van der Waals surface area contributed by atoms with Gasteiger partial charge in [0.1, 0.15) is 5.82 Å². The van der Waals surface area contributed by atoms with Crippen LogP contribution in [0.5, 0.6) is 0 Å². The Morgan fingerprint density at radius 2 is 1.93 bits per heavy atom. The Morgan fingerprint density at radius 1 is 1.19 bits per heavy atom. The van der Waals surface area contributed by atoms with E-state index in [1.807, 2.05) is 0 Å². The summed E-state index contributed by atoms with van der Waals surface area (Å²) >= 11 is 5.66. The van der Waals surface area contributed by atoms with Crippen LogP contribution in [0.3, 0.4) is 0 Å². The van der Waals surface area contributed by atoms with E-state index in [0.29, 0.717) is 5.56 Å². The van der Waals surface area contributed by atoms with Crippen molar-refractivity contribution in [3.63, 3.8) is 0 Å². The number of nitrogens with zero attached hydrogens (tertiary/aromatic N) is 1. The predicted octanol–water partition coefficient (Wildman–Crippen LogP) is 2.02. The fourth-order valence-corrected chi connectivity index (χ4v) is 3.57. The van der Waals surface area contributed by atoms with Crippen molar-refractivity contribution in [1.29, 1.82) is 0 Å². The molecule has 144 valence electrons. The Labute approximate surface area is 159 Å². The number of nitro groups is 1. The van der Waals surface area contributed by atoms with Crippen molar-refractivity contribution in [2.24, 2.45) is 0 Å². The van der Waals surface area contributed by atoms with Crippen LogP contribution in [0.2, 0.25) is 5.02 Å². The van der Waals surface area contributed by atoms with E-state index in [9.17, 15) is 27.7 Å². The van der Waals surface area contributed by atoms with Gasteiger partial charge in [-0.05, 0) is 29.8 Å².